The molecule has 0 unspecified atom stereocenters. The van der Waals surface area contributed by atoms with Crippen LogP contribution in [0.15, 0.2) is 18.2 Å². The highest BCUT2D eigenvalue weighted by Crippen LogP contribution is 2.28. The Morgan fingerprint density at radius 1 is 1.19 bits per heavy atom. The van der Waals surface area contributed by atoms with Crippen molar-refractivity contribution >= 4 is 5.82 Å². The summed E-state index contributed by atoms with van der Waals surface area (Å²) in [6, 6.07) is 4.66. The summed E-state index contributed by atoms with van der Waals surface area (Å²) in [6.07, 6.45) is 0.720. The molecule has 0 spiro atoms. The van der Waals surface area contributed by atoms with Gasteiger partial charge in [0.15, 0.2) is 0 Å². The maximum atomic E-state index is 13.3. The summed E-state index contributed by atoms with van der Waals surface area (Å²) < 4.78 is 19.1. The first-order valence-electron chi connectivity index (χ1n) is 7.10. The minimum atomic E-state index is -0.246. The van der Waals surface area contributed by atoms with Gasteiger partial charge in [-0.2, -0.15) is 4.98 Å². The van der Waals surface area contributed by atoms with Crippen molar-refractivity contribution in [3.8, 4) is 11.6 Å². The third kappa shape index (κ3) is 3.48. The number of rotatable bonds is 5. The number of ether oxygens (including phenoxy) is 1. The van der Waals surface area contributed by atoms with Crippen molar-refractivity contribution in [3.63, 3.8) is 0 Å². The van der Waals surface area contributed by atoms with Gasteiger partial charge in [-0.15, -0.1) is 0 Å². The van der Waals surface area contributed by atoms with Crippen molar-refractivity contribution in [2.24, 2.45) is 0 Å². The van der Waals surface area contributed by atoms with Gasteiger partial charge in [-0.25, -0.2) is 9.37 Å². The van der Waals surface area contributed by atoms with E-state index in [0.29, 0.717) is 23.0 Å². The molecule has 4 nitrogen and oxygen atoms in total. The largest absolute Gasteiger partial charge is 0.439 e. The zero-order chi connectivity index (χ0) is 15.4. The van der Waals surface area contributed by atoms with E-state index in [1.807, 2.05) is 20.8 Å². The third-order valence-corrected chi connectivity index (χ3v) is 3.15. The molecule has 0 atom stereocenters. The van der Waals surface area contributed by atoms with Crippen LogP contribution in [0.25, 0.3) is 0 Å². The van der Waals surface area contributed by atoms with Gasteiger partial charge < -0.3 is 10.1 Å². The van der Waals surface area contributed by atoms with E-state index in [1.165, 1.54) is 6.07 Å². The Morgan fingerprint density at radius 2 is 1.95 bits per heavy atom. The molecule has 112 valence electrons. The second-order valence-electron chi connectivity index (χ2n) is 4.82. The number of hydrogen-bond acceptors (Lipinski definition) is 4. The molecule has 0 saturated carbocycles. The molecule has 0 aliphatic heterocycles. The van der Waals surface area contributed by atoms with Crippen LogP contribution < -0.4 is 10.1 Å². The van der Waals surface area contributed by atoms with Gasteiger partial charge >= 0.3 is 0 Å². The number of nitrogens with one attached hydrogen (secondary N) is 1. The van der Waals surface area contributed by atoms with Gasteiger partial charge in [-0.05, 0) is 44.5 Å². The Bertz CT molecular complexity index is 644. The summed E-state index contributed by atoms with van der Waals surface area (Å²) in [5.41, 5.74) is 1.39. The summed E-state index contributed by atoms with van der Waals surface area (Å²) in [5, 5.41) is 3.21. The fraction of sp³-hybridized carbons (Fsp3) is 0.375. The van der Waals surface area contributed by atoms with Crippen LogP contribution in [-0.4, -0.2) is 16.5 Å². The van der Waals surface area contributed by atoms with Crippen molar-refractivity contribution in [3.05, 3.63) is 41.0 Å². The highest BCUT2D eigenvalue weighted by molar-refractivity contribution is 5.49. The fourth-order valence-electron chi connectivity index (χ4n) is 1.93. The van der Waals surface area contributed by atoms with E-state index < -0.39 is 0 Å². The summed E-state index contributed by atoms with van der Waals surface area (Å²) in [7, 11) is 0. The molecule has 0 aliphatic rings. The van der Waals surface area contributed by atoms with Gasteiger partial charge in [0.1, 0.15) is 23.2 Å². The smallest absolute Gasteiger partial charge is 0.227 e. The molecular formula is C16H20FN3O. The van der Waals surface area contributed by atoms with Crippen LogP contribution in [0, 0.1) is 19.7 Å². The lowest BCUT2D eigenvalue weighted by Crippen LogP contribution is -2.07. The van der Waals surface area contributed by atoms with Gasteiger partial charge in [-0.3, -0.25) is 0 Å². The lowest BCUT2D eigenvalue weighted by atomic mass is 10.2. The van der Waals surface area contributed by atoms with Crippen LogP contribution in [0.4, 0.5) is 10.2 Å². The number of anilines is 1. The van der Waals surface area contributed by atoms with Gasteiger partial charge in [0.25, 0.3) is 0 Å². The number of aryl methyl sites for hydroxylation is 2. The van der Waals surface area contributed by atoms with Gasteiger partial charge in [0.05, 0.1) is 5.56 Å². The molecule has 2 aromatic rings. The quantitative estimate of drug-likeness (QED) is 0.903. The van der Waals surface area contributed by atoms with E-state index in [4.69, 9.17) is 4.74 Å². The minimum Gasteiger partial charge on any atom is -0.439 e. The van der Waals surface area contributed by atoms with Gasteiger partial charge in [0.2, 0.25) is 5.88 Å². The Hall–Kier alpha value is -2.17. The van der Waals surface area contributed by atoms with E-state index >= 15 is 0 Å². The van der Waals surface area contributed by atoms with Gasteiger partial charge in [0, 0.05) is 13.0 Å². The average molecular weight is 289 g/mol. The molecule has 0 saturated heterocycles. The van der Waals surface area contributed by atoms with Crippen molar-refractivity contribution < 1.29 is 9.13 Å². The monoisotopic (exact) mass is 289 g/mol. The molecule has 1 N–H and O–H groups in total. The molecule has 0 aliphatic carbocycles. The lowest BCUT2D eigenvalue weighted by molar-refractivity contribution is 0.453. The Kier molecular flexibility index (Phi) is 4.73. The van der Waals surface area contributed by atoms with Crippen LogP contribution >= 0.6 is 0 Å². The van der Waals surface area contributed by atoms with E-state index in [0.717, 1.165) is 24.3 Å². The van der Waals surface area contributed by atoms with Crippen LogP contribution in [0.3, 0.4) is 0 Å². The molecule has 5 heteroatoms. The predicted molar refractivity (Wildman–Crippen MR) is 81.5 cm³/mol. The molecule has 0 fully saturated rings. The second-order valence-corrected chi connectivity index (χ2v) is 4.82. The summed E-state index contributed by atoms with van der Waals surface area (Å²) >= 11 is 0. The zero-order valence-corrected chi connectivity index (χ0v) is 12.8. The summed E-state index contributed by atoms with van der Waals surface area (Å²) in [6.45, 7) is 8.39. The molecule has 0 amide bonds. The molecule has 1 heterocycles. The number of hydrogen-bond donors (Lipinski definition) is 1. The Labute approximate surface area is 124 Å². The minimum absolute atomic E-state index is 0.246. The molecule has 21 heavy (non-hydrogen) atoms. The standard InChI is InChI=1S/C16H20FN3O/c1-5-14-19-15(18-6-2)11(4)16(20-14)21-12-7-8-13(17)10(3)9-12/h7-9H,5-6H2,1-4H3,(H,18,19,20). The van der Waals surface area contributed by atoms with E-state index in [-0.39, 0.29) is 5.82 Å². The molecule has 2 rings (SSSR count). The molecule has 0 bridgehead atoms. The maximum absolute atomic E-state index is 13.3. The number of aromatic nitrogens is 2. The van der Waals surface area contributed by atoms with Crippen LogP contribution in [0.2, 0.25) is 0 Å². The fourth-order valence-corrected chi connectivity index (χ4v) is 1.93. The maximum Gasteiger partial charge on any atom is 0.227 e. The first-order valence-corrected chi connectivity index (χ1v) is 7.10. The van der Waals surface area contributed by atoms with Crippen LogP contribution in [0.5, 0.6) is 11.6 Å². The van der Waals surface area contributed by atoms with Crippen molar-refractivity contribution in [1.82, 2.24) is 9.97 Å². The predicted octanol–water partition coefficient (Wildman–Crippen LogP) is 4.02. The first kappa shape index (κ1) is 15.2. The van der Waals surface area contributed by atoms with Gasteiger partial charge in [-0.1, -0.05) is 6.92 Å². The third-order valence-electron chi connectivity index (χ3n) is 3.15. The average Bonchev–Trinajstić information content (AvgIpc) is 2.47. The molecular weight excluding hydrogens is 269 g/mol. The number of halogens is 1. The normalized spacial score (nSPS) is 10.5. The molecule has 1 aromatic carbocycles. The van der Waals surface area contributed by atoms with E-state index in [1.54, 1.807) is 19.1 Å². The van der Waals surface area contributed by atoms with E-state index in [2.05, 4.69) is 15.3 Å². The van der Waals surface area contributed by atoms with Crippen molar-refractivity contribution in [2.75, 3.05) is 11.9 Å². The van der Waals surface area contributed by atoms with Crippen molar-refractivity contribution in [1.29, 1.82) is 0 Å². The summed E-state index contributed by atoms with van der Waals surface area (Å²) in [4.78, 5) is 8.87. The summed E-state index contributed by atoms with van der Waals surface area (Å²) in [5.74, 6) is 2.32. The Morgan fingerprint density at radius 3 is 2.57 bits per heavy atom. The first-order chi connectivity index (χ1) is 10.0. The SMILES string of the molecule is CCNc1nc(CC)nc(Oc2ccc(F)c(C)c2)c1C. The number of benzene rings is 1. The second kappa shape index (κ2) is 6.52. The highest BCUT2D eigenvalue weighted by atomic mass is 19.1. The van der Waals surface area contributed by atoms with E-state index in [9.17, 15) is 4.39 Å². The van der Waals surface area contributed by atoms with Crippen LogP contribution in [0.1, 0.15) is 30.8 Å². The zero-order valence-electron chi connectivity index (χ0n) is 12.8. The Balaban J connectivity index is 2.37. The van der Waals surface area contributed by atoms with Crippen molar-refractivity contribution in [2.45, 2.75) is 34.1 Å². The molecule has 0 radical (unpaired) electrons. The topological polar surface area (TPSA) is 47.0 Å². The highest BCUT2D eigenvalue weighted by Gasteiger charge is 2.12. The lowest BCUT2D eigenvalue weighted by Gasteiger charge is -2.13. The van der Waals surface area contributed by atoms with Crippen LogP contribution in [-0.2, 0) is 6.42 Å². The molecule has 1 aromatic heterocycles. The number of nitrogens with zero attached hydrogens (tertiary/aromatic N) is 2.